The van der Waals surface area contributed by atoms with E-state index >= 15 is 0 Å². The highest BCUT2D eigenvalue weighted by atomic mass is 35.5. The number of ether oxygens (including phenoxy) is 1. The Kier molecular flexibility index (Phi) is 6.15. The van der Waals surface area contributed by atoms with Crippen molar-refractivity contribution in [3.63, 3.8) is 0 Å². The number of aromatic nitrogens is 1. The molecule has 1 aromatic carbocycles. The molecule has 0 fully saturated rings. The van der Waals surface area contributed by atoms with Gasteiger partial charge in [-0.3, -0.25) is 10.1 Å². The number of hydrogen-bond acceptors (Lipinski definition) is 5. The monoisotopic (exact) mass is 370 g/mol. The molecule has 1 heterocycles. The predicted octanol–water partition coefficient (Wildman–Crippen LogP) is 4.28. The molecule has 0 unspecified atom stereocenters. The van der Waals surface area contributed by atoms with Gasteiger partial charge >= 0.3 is 5.97 Å². The summed E-state index contributed by atoms with van der Waals surface area (Å²) in [5.41, 5.74) is 0.711. The van der Waals surface area contributed by atoms with E-state index in [2.05, 4.69) is 10.3 Å². The molecule has 120 valence electrons. The third kappa shape index (κ3) is 4.79. The molecule has 1 N–H and O–H groups in total. The van der Waals surface area contributed by atoms with Crippen molar-refractivity contribution in [3.8, 4) is 0 Å². The molecule has 2 aromatic rings. The molecule has 23 heavy (non-hydrogen) atoms. The Bertz CT molecular complexity index is 739. The summed E-state index contributed by atoms with van der Waals surface area (Å²) in [4.78, 5) is 27.4. The zero-order valence-electron chi connectivity index (χ0n) is 12.0. The van der Waals surface area contributed by atoms with Crippen LogP contribution in [0.2, 0.25) is 10.0 Å². The van der Waals surface area contributed by atoms with Crippen LogP contribution in [0.25, 0.3) is 6.08 Å². The fourth-order valence-electron chi connectivity index (χ4n) is 1.61. The second-order valence-electron chi connectivity index (χ2n) is 4.22. The minimum absolute atomic E-state index is 0.158. The highest BCUT2D eigenvalue weighted by Gasteiger charge is 2.12. The summed E-state index contributed by atoms with van der Waals surface area (Å²) >= 11 is 13.2. The number of rotatable bonds is 5. The Labute approximate surface area is 146 Å². The van der Waals surface area contributed by atoms with Gasteiger partial charge in [0.25, 0.3) is 0 Å². The fraction of sp³-hybridized carbons (Fsp3) is 0.133. The summed E-state index contributed by atoms with van der Waals surface area (Å²) in [6, 6.07) is 5.07. The molecule has 8 heteroatoms. The van der Waals surface area contributed by atoms with E-state index in [0.29, 0.717) is 20.7 Å². The van der Waals surface area contributed by atoms with Crippen LogP contribution < -0.4 is 5.32 Å². The summed E-state index contributed by atoms with van der Waals surface area (Å²) in [6.45, 7) is 1.97. The standard InChI is InChI=1S/C15H12Cl2N2O3S/c1-2-22-14(21)12-8-23-15(18-12)19-13(20)7-6-9-10(16)4-3-5-11(9)17/h3-8H,2H2,1H3,(H,18,19,20)/b7-6+. The molecule has 0 aliphatic carbocycles. The van der Waals surface area contributed by atoms with Gasteiger partial charge in [-0.05, 0) is 25.1 Å². The highest BCUT2D eigenvalue weighted by molar-refractivity contribution is 7.14. The van der Waals surface area contributed by atoms with Gasteiger partial charge in [-0.15, -0.1) is 11.3 Å². The smallest absolute Gasteiger partial charge is 0.357 e. The van der Waals surface area contributed by atoms with Gasteiger partial charge in [0.1, 0.15) is 0 Å². The molecule has 0 saturated carbocycles. The Hall–Kier alpha value is -1.89. The number of benzene rings is 1. The summed E-state index contributed by atoms with van der Waals surface area (Å²) in [6.07, 6.45) is 2.80. The van der Waals surface area contributed by atoms with Crippen LogP contribution in [0.15, 0.2) is 29.7 Å². The van der Waals surface area contributed by atoms with Gasteiger partial charge < -0.3 is 4.74 Å². The zero-order chi connectivity index (χ0) is 16.8. The molecule has 0 spiro atoms. The van der Waals surface area contributed by atoms with E-state index in [1.807, 2.05) is 0 Å². The van der Waals surface area contributed by atoms with Crippen molar-refractivity contribution in [1.82, 2.24) is 4.98 Å². The Morgan fingerprint density at radius 2 is 2.04 bits per heavy atom. The van der Waals surface area contributed by atoms with Crippen LogP contribution in [0.5, 0.6) is 0 Å². The summed E-state index contributed by atoms with van der Waals surface area (Å²) in [5.74, 6) is -0.937. The van der Waals surface area contributed by atoms with Crippen LogP contribution in [0.3, 0.4) is 0 Å². The van der Waals surface area contributed by atoms with Gasteiger partial charge in [-0.25, -0.2) is 9.78 Å². The minimum atomic E-state index is -0.525. The topological polar surface area (TPSA) is 68.3 Å². The quantitative estimate of drug-likeness (QED) is 0.629. The molecular weight excluding hydrogens is 359 g/mol. The number of esters is 1. The molecule has 5 nitrogen and oxygen atoms in total. The van der Waals surface area contributed by atoms with Crippen LogP contribution in [0.1, 0.15) is 23.0 Å². The maximum absolute atomic E-state index is 11.9. The summed E-state index contributed by atoms with van der Waals surface area (Å²) in [7, 11) is 0. The van der Waals surface area contributed by atoms with Crippen molar-refractivity contribution in [1.29, 1.82) is 0 Å². The Morgan fingerprint density at radius 1 is 1.35 bits per heavy atom. The van der Waals surface area contributed by atoms with Crippen LogP contribution in [0, 0.1) is 0 Å². The third-order valence-corrected chi connectivity index (χ3v) is 4.04. The van der Waals surface area contributed by atoms with Crippen LogP contribution in [-0.4, -0.2) is 23.5 Å². The Morgan fingerprint density at radius 3 is 2.70 bits per heavy atom. The summed E-state index contributed by atoms with van der Waals surface area (Å²) < 4.78 is 4.83. The van der Waals surface area contributed by atoms with E-state index in [-0.39, 0.29) is 12.3 Å². The van der Waals surface area contributed by atoms with Crippen LogP contribution >= 0.6 is 34.5 Å². The first kappa shape index (κ1) is 17.5. The van der Waals surface area contributed by atoms with Crippen LogP contribution in [-0.2, 0) is 9.53 Å². The molecule has 0 aliphatic heterocycles. The maximum Gasteiger partial charge on any atom is 0.357 e. The average Bonchev–Trinajstić information content (AvgIpc) is 2.95. The second-order valence-corrected chi connectivity index (χ2v) is 5.89. The van der Waals surface area contributed by atoms with E-state index in [1.54, 1.807) is 25.1 Å². The number of anilines is 1. The first-order chi connectivity index (χ1) is 11.0. The van der Waals surface area contributed by atoms with Gasteiger partial charge in [-0.2, -0.15) is 0 Å². The number of carbonyl (C=O) groups excluding carboxylic acids is 2. The van der Waals surface area contributed by atoms with Gasteiger partial charge in [0, 0.05) is 27.1 Å². The minimum Gasteiger partial charge on any atom is -0.461 e. The van der Waals surface area contributed by atoms with Crippen LogP contribution in [0.4, 0.5) is 5.13 Å². The molecule has 0 atom stereocenters. The molecular formula is C15H12Cl2N2O3S. The second kappa shape index (κ2) is 8.10. The van der Waals surface area contributed by atoms with E-state index in [4.69, 9.17) is 27.9 Å². The molecule has 1 amide bonds. The lowest BCUT2D eigenvalue weighted by molar-refractivity contribution is -0.111. The normalized spacial score (nSPS) is 10.7. The summed E-state index contributed by atoms with van der Waals surface area (Å²) in [5, 5.41) is 5.26. The SMILES string of the molecule is CCOC(=O)c1csc(NC(=O)/C=C/c2c(Cl)cccc2Cl)n1. The predicted molar refractivity (Wildman–Crippen MR) is 92.2 cm³/mol. The number of nitrogens with one attached hydrogen (secondary N) is 1. The van der Waals surface area contributed by atoms with Crippen molar-refractivity contribution < 1.29 is 14.3 Å². The molecule has 0 radical (unpaired) electrons. The number of nitrogens with zero attached hydrogens (tertiary/aromatic N) is 1. The van der Waals surface area contributed by atoms with E-state index < -0.39 is 11.9 Å². The fourth-order valence-corrected chi connectivity index (χ4v) is 2.81. The van der Waals surface area contributed by atoms with E-state index in [1.165, 1.54) is 17.5 Å². The van der Waals surface area contributed by atoms with Crippen molar-refractivity contribution in [2.45, 2.75) is 6.92 Å². The molecule has 0 saturated heterocycles. The highest BCUT2D eigenvalue weighted by Crippen LogP contribution is 2.25. The largest absolute Gasteiger partial charge is 0.461 e. The molecule has 2 rings (SSSR count). The lowest BCUT2D eigenvalue weighted by Gasteiger charge is -2.01. The lowest BCUT2D eigenvalue weighted by atomic mass is 10.2. The number of thiazole rings is 1. The number of carbonyl (C=O) groups is 2. The zero-order valence-corrected chi connectivity index (χ0v) is 14.3. The molecule has 0 bridgehead atoms. The van der Waals surface area contributed by atoms with Gasteiger partial charge in [-0.1, -0.05) is 29.3 Å². The first-order valence-electron chi connectivity index (χ1n) is 6.57. The van der Waals surface area contributed by atoms with Gasteiger partial charge in [0.05, 0.1) is 6.61 Å². The van der Waals surface area contributed by atoms with Gasteiger partial charge in [0.2, 0.25) is 5.91 Å². The molecule has 1 aromatic heterocycles. The number of halogens is 2. The van der Waals surface area contributed by atoms with Crippen molar-refractivity contribution in [2.75, 3.05) is 11.9 Å². The lowest BCUT2D eigenvalue weighted by Crippen LogP contribution is -2.09. The van der Waals surface area contributed by atoms with Crippen molar-refractivity contribution in [3.05, 3.63) is 51.0 Å². The first-order valence-corrected chi connectivity index (χ1v) is 8.20. The molecule has 0 aliphatic rings. The van der Waals surface area contributed by atoms with Crippen molar-refractivity contribution in [2.24, 2.45) is 0 Å². The number of amides is 1. The van der Waals surface area contributed by atoms with Gasteiger partial charge in [0.15, 0.2) is 10.8 Å². The van der Waals surface area contributed by atoms with Crippen molar-refractivity contribution >= 4 is 57.6 Å². The average molecular weight is 371 g/mol. The maximum atomic E-state index is 11.9. The van der Waals surface area contributed by atoms with E-state index in [0.717, 1.165) is 11.3 Å². The Balaban J connectivity index is 2.03. The number of hydrogen-bond donors (Lipinski definition) is 1. The third-order valence-electron chi connectivity index (χ3n) is 2.62. The van der Waals surface area contributed by atoms with E-state index in [9.17, 15) is 9.59 Å².